The van der Waals surface area contributed by atoms with Gasteiger partial charge < -0.3 is 8.83 Å². The lowest BCUT2D eigenvalue weighted by Gasteiger charge is -2.33. The van der Waals surface area contributed by atoms with Crippen LogP contribution in [0.4, 0.5) is 0 Å². The van der Waals surface area contributed by atoms with Crippen LogP contribution >= 0.6 is 15.9 Å². The maximum absolute atomic E-state index is 5.68. The van der Waals surface area contributed by atoms with Crippen molar-refractivity contribution in [3.8, 4) is 11.7 Å². The minimum absolute atomic E-state index is 0.434. The molecule has 0 amide bonds. The van der Waals surface area contributed by atoms with E-state index in [0.29, 0.717) is 28.8 Å². The summed E-state index contributed by atoms with van der Waals surface area (Å²) in [5.74, 6) is 3.12. The fourth-order valence-corrected chi connectivity index (χ4v) is 3.27. The van der Waals surface area contributed by atoms with Gasteiger partial charge in [-0.15, -0.1) is 10.2 Å². The molecule has 0 aromatic carbocycles. The average molecular weight is 340 g/mol. The maximum Gasteiger partial charge on any atom is 0.283 e. The van der Waals surface area contributed by atoms with Crippen molar-refractivity contribution in [2.75, 3.05) is 13.1 Å². The summed E-state index contributed by atoms with van der Waals surface area (Å²) in [6.45, 7) is 7.48. The number of aromatic nitrogens is 2. The molecule has 0 unspecified atom stereocenters. The molecule has 0 spiro atoms. The monoisotopic (exact) mass is 339 g/mol. The van der Waals surface area contributed by atoms with Gasteiger partial charge in [0.05, 0.1) is 6.54 Å². The van der Waals surface area contributed by atoms with Crippen LogP contribution in [0.25, 0.3) is 11.7 Å². The van der Waals surface area contributed by atoms with Gasteiger partial charge >= 0.3 is 0 Å². The lowest BCUT2D eigenvalue weighted by atomic mass is 9.92. The standard InChI is InChI=1S/C14H18BrN3O2/c1-9-5-10(2)7-18(6-9)8-13-16-17-14(20-13)11-3-4-12(15)19-11/h3-4,9-10H,5-8H2,1-2H3/t9-,10-/m0/s1. The molecule has 2 atom stereocenters. The second-order valence-corrected chi connectivity index (χ2v) is 6.53. The Kier molecular flexibility index (Phi) is 3.94. The third kappa shape index (κ3) is 3.12. The highest BCUT2D eigenvalue weighted by Gasteiger charge is 2.23. The van der Waals surface area contributed by atoms with E-state index in [0.717, 1.165) is 24.9 Å². The van der Waals surface area contributed by atoms with Gasteiger partial charge in [-0.05, 0) is 46.3 Å². The smallest absolute Gasteiger partial charge is 0.283 e. The molecule has 0 bridgehead atoms. The van der Waals surface area contributed by atoms with Crippen LogP contribution in [-0.4, -0.2) is 28.2 Å². The van der Waals surface area contributed by atoms with Gasteiger partial charge in [-0.3, -0.25) is 4.90 Å². The molecule has 0 radical (unpaired) electrons. The van der Waals surface area contributed by atoms with E-state index in [1.54, 1.807) is 0 Å². The van der Waals surface area contributed by atoms with Crippen molar-refractivity contribution in [1.29, 1.82) is 0 Å². The summed E-state index contributed by atoms with van der Waals surface area (Å²) in [5, 5.41) is 8.16. The molecule has 1 aliphatic rings. The van der Waals surface area contributed by atoms with Crippen LogP contribution in [0.5, 0.6) is 0 Å². The van der Waals surface area contributed by atoms with E-state index in [1.165, 1.54) is 6.42 Å². The van der Waals surface area contributed by atoms with Crippen molar-refractivity contribution in [1.82, 2.24) is 15.1 Å². The molecule has 3 heterocycles. The molecule has 1 saturated heterocycles. The summed E-state index contributed by atoms with van der Waals surface area (Å²) >= 11 is 3.26. The summed E-state index contributed by atoms with van der Waals surface area (Å²) in [6, 6.07) is 3.62. The number of halogens is 1. The third-order valence-electron chi connectivity index (χ3n) is 3.55. The molecule has 5 nitrogen and oxygen atoms in total. The predicted octanol–water partition coefficient (Wildman–Crippen LogP) is 3.57. The normalized spacial score (nSPS) is 24.1. The van der Waals surface area contributed by atoms with E-state index in [4.69, 9.17) is 8.83 Å². The zero-order valence-electron chi connectivity index (χ0n) is 11.7. The summed E-state index contributed by atoms with van der Waals surface area (Å²) in [4.78, 5) is 2.38. The van der Waals surface area contributed by atoms with E-state index in [-0.39, 0.29) is 0 Å². The van der Waals surface area contributed by atoms with Gasteiger partial charge in [-0.1, -0.05) is 13.8 Å². The highest BCUT2D eigenvalue weighted by atomic mass is 79.9. The van der Waals surface area contributed by atoms with Crippen molar-refractivity contribution >= 4 is 15.9 Å². The van der Waals surface area contributed by atoms with Gasteiger partial charge in [-0.25, -0.2) is 0 Å². The Labute approximate surface area is 126 Å². The fraction of sp³-hybridized carbons (Fsp3) is 0.571. The van der Waals surface area contributed by atoms with E-state index in [1.807, 2.05) is 12.1 Å². The summed E-state index contributed by atoms with van der Waals surface area (Å²) < 4.78 is 11.7. The molecule has 2 aromatic heterocycles. The lowest BCUT2D eigenvalue weighted by molar-refractivity contribution is 0.124. The number of furan rings is 1. The van der Waals surface area contributed by atoms with Gasteiger partial charge in [0.15, 0.2) is 10.4 Å². The van der Waals surface area contributed by atoms with E-state index in [9.17, 15) is 0 Å². The van der Waals surface area contributed by atoms with Crippen molar-refractivity contribution in [2.45, 2.75) is 26.8 Å². The Morgan fingerprint density at radius 1 is 1.20 bits per heavy atom. The Morgan fingerprint density at radius 3 is 2.60 bits per heavy atom. The second kappa shape index (κ2) is 5.69. The summed E-state index contributed by atoms with van der Waals surface area (Å²) in [5.41, 5.74) is 0. The van der Waals surface area contributed by atoms with Crippen molar-refractivity contribution < 1.29 is 8.83 Å². The molecule has 0 N–H and O–H groups in total. The summed E-state index contributed by atoms with van der Waals surface area (Å²) in [6.07, 6.45) is 1.30. The van der Waals surface area contributed by atoms with Crippen LogP contribution in [0, 0.1) is 11.8 Å². The molecule has 1 fully saturated rings. The molecular weight excluding hydrogens is 322 g/mol. The van der Waals surface area contributed by atoms with E-state index in [2.05, 4.69) is 44.9 Å². The molecule has 3 rings (SSSR count). The van der Waals surface area contributed by atoms with Crippen LogP contribution in [0.2, 0.25) is 0 Å². The zero-order valence-corrected chi connectivity index (χ0v) is 13.3. The van der Waals surface area contributed by atoms with Crippen LogP contribution in [-0.2, 0) is 6.54 Å². The first-order chi connectivity index (χ1) is 9.60. The average Bonchev–Trinajstić information content (AvgIpc) is 2.96. The molecule has 2 aromatic rings. The fourth-order valence-electron chi connectivity index (χ4n) is 2.96. The number of hydrogen-bond acceptors (Lipinski definition) is 5. The van der Waals surface area contributed by atoms with Crippen LogP contribution < -0.4 is 0 Å². The highest BCUT2D eigenvalue weighted by Crippen LogP contribution is 2.25. The van der Waals surface area contributed by atoms with Crippen LogP contribution in [0.1, 0.15) is 26.2 Å². The van der Waals surface area contributed by atoms with Gasteiger partial charge in [0, 0.05) is 13.1 Å². The molecule has 108 valence electrons. The minimum Gasteiger partial charge on any atom is -0.444 e. The second-order valence-electron chi connectivity index (χ2n) is 5.74. The molecule has 6 heteroatoms. The Morgan fingerprint density at radius 2 is 1.95 bits per heavy atom. The highest BCUT2D eigenvalue weighted by molar-refractivity contribution is 9.10. The maximum atomic E-state index is 5.68. The molecule has 20 heavy (non-hydrogen) atoms. The zero-order chi connectivity index (χ0) is 14.1. The van der Waals surface area contributed by atoms with Crippen molar-refractivity contribution in [3.63, 3.8) is 0 Å². The first-order valence-corrected chi connectivity index (χ1v) is 7.70. The van der Waals surface area contributed by atoms with Crippen molar-refractivity contribution in [3.05, 3.63) is 22.7 Å². The Hall–Kier alpha value is -1.14. The predicted molar refractivity (Wildman–Crippen MR) is 77.9 cm³/mol. The molecule has 0 aliphatic carbocycles. The molecular formula is C14H18BrN3O2. The summed E-state index contributed by atoms with van der Waals surface area (Å²) in [7, 11) is 0. The number of rotatable bonds is 3. The molecule has 0 saturated carbocycles. The van der Waals surface area contributed by atoms with Crippen LogP contribution in [0.15, 0.2) is 25.6 Å². The Bertz CT molecular complexity index is 570. The van der Waals surface area contributed by atoms with Crippen LogP contribution in [0.3, 0.4) is 0 Å². The minimum atomic E-state index is 0.434. The van der Waals surface area contributed by atoms with Gasteiger partial charge in [0.25, 0.3) is 5.89 Å². The lowest BCUT2D eigenvalue weighted by Crippen LogP contribution is -2.38. The number of hydrogen-bond donors (Lipinski definition) is 0. The van der Waals surface area contributed by atoms with Crippen molar-refractivity contribution in [2.24, 2.45) is 11.8 Å². The number of piperidine rings is 1. The topological polar surface area (TPSA) is 55.3 Å². The third-order valence-corrected chi connectivity index (χ3v) is 3.98. The van der Waals surface area contributed by atoms with E-state index >= 15 is 0 Å². The number of likely N-dealkylation sites (tertiary alicyclic amines) is 1. The van der Waals surface area contributed by atoms with Gasteiger partial charge in [-0.2, -0.15) is 0 Å². The SMILES string of the molecule is C[C@H]1C[C@H](C)CN(Cc2nnc(-c3ccc(Br)o3)o2)C1. The Balaban J connectivity index is 1.68. The van der Waals surface area contributed by atoms with Gasteiger partial charge in [0.1, 0.15) is 0 Å². The van der Waals surface area contributed by atoms with Gasteiger partial charge in [0.2, 0.25) is 5.89 Å². The number of nitrogens with zero attached hydrogens (tertiary/aromatic N) is 3. The van der Waals surface area contributed by atoms with E-state index < -0.39 is 0 Å². The first-order valence-electron chi connectivity index (χ1n) is 6.90. The molecule has 1 aliphatic heterocycles. The first kappa shape index (κ1) is 13.8. The largest absolute Gasteiger partial charge is 0.444 e. The quantitative estimate of drug-likeness (QED) is 0.855.